The van der Waals surface area contributed by atoms with Gasteiger partial charge in [-0.25, -0.2) is 4.39 Å². The van der Waals surface area contributed by atoms with Gasteiger partial charge in [0.05, 0.1) is 11.4 Å². The lowest BCUT2D eigenvalue weighted by molar-refractivity contribution is -0.117. The highest BCUT2D eigenvalue weighted by atomic mass is 32.2. The van der Waals surface area contributed by atoms with Crippen molar-refractivity contribution in [1.82, 2.24) is 20.1 Å². The molecule has 1 amide bonds. The molecule has 1 aliphatic rings. The van der Waals surface area contributed by atoms with Crippen LogP contribution >= 0.6 is 11.8 Å². The number of hydrogen-bond donors (Lipinski definition) is 1. The second kappa shape index (κ2) is 9.87. The lowest BCUT2D eigenvalue weighted by atomic mass is 9.86. The predicted molar refractivity (Wildman–Crippen MR) is 115 cm³/mol. The van der Waals surface area contributed by atoms with Gasteiger partial charge in [-0.15, -0.1) is 10.2 Å². The van der Waals surface area contributed by atoms with Gasteiger partial charge >= 0.3 is 0 Å². The zero-order valence-electron chi connectivity index (χ0n) is 17.0. The summed E-state index contributed by atoms with van der Waals surface area (Å²) < 4.78 is 15.5. The number of nitrogens with zero attached hydrogens (tertiary/aromatic N) is 3. The Kier molecular flexibility index (Phi) is 7.25. The van der Waals surface area contributed by atoms with Crippen LogP contribution in [0, 0.1) is 0 Å². The topological polar surface area (TPSA) is 59.8 Å². The summed E-state index contributed by atoms with van der Waals surface area (Å²) in [6.45, 7) is 6.88. The Morgan fingerprint density at radius 1 is 1.31 bits per heavy atom. The average molecular weight is 415 g/mol. The Labute approximate surface area is 175 Å². The Morgan fingerprint density at radius 2 is 2.07 bits per heavy atom. The van der Waals surface area contributed by atoms with Crippen LogP contribution in [0.3, 0.4) is 0 Å². The first kappa shape index (κ1) is 21.3. The van der Waals surface area contributed by atoms with Crippen molar-refractivity contribution in [3.05, 3.63) is 59.1 Å². The van der Waals surface area contributed by atoms with Crippen molar-refractivity contribution >= 4 is 17.7 Å². The molecule has 1 N–H and O–H groups in total. The lowest BCUT2D eigenvalue weighted by Crippen LogP contribution is -2.23. The van der Waals surface area contributed by atoms with Gasteiger partial charge in [-0.05, 0) is 67.9 Å². The molecule has 0 bridgehead atoms. The van der Waals surface area contributed by atoms with Gasteiger partial charge in [-0.1, -0.05) is 37.4 Å². The molecule has 1 aromatic carbocycles. The van der Waals surface area contributed by atoms with Crippen molar-refractivity contribution in [2.45, 2.75) is 57.8 Å². The number of aromatic nitrogens is 3. The fourth-order valence-corrected chi connectivity index (χ4v) is 4.55. The number of hydrogen-bond acceptors (Lipinski definition) is 4. The normalized spacial score (nSPS) is 13.8. The van der Waals surface area contributed by atoms with E-state index in [-0.39, 0.29) is 17.5 Å². The number of allylic oxidation sites excluding steroid dienone is 3. The summed E-state index contributed by atoms with van der Waals surface area (Å²) in [4.78, 5) is 12.2. The smallest absolute Gasteiger partial charge is 0.234 e. The number of benzene rings is 1. The van der Waals surface area contributed by atoms with E-state index in [4.69, 9.17) is 0 Å². The second-order valence-corrected chi connectivity index (χ2v) is 7.99. The molecule has 1 heterocycles. The maximum atomic E-state index is 13.7. The Morgan fingerprint density at radius 3 is 2.76 bits per heavy atom. The number of fused-ring (bicyclic) bond motifs is 1. The fourth-order valence-electron chi connectivity index (χ4n) is 3.79. The van der Waals surface area contributed by atoms with E-state index in [2.05, 4.69) is 35.1 Å². The van der Waals surface area contributed by atoms with Gasteiger partial charge in [-0.2, -0.15) is 0 Å². The first-order chi connectivity index (χ1) is 14.1. The molecule has 0 fully saturated rings. The molecule has 0 unspecified atom stereocenters. The number of rotatable bonds is 8. The summed E-state index contributed by atoms with van der Waals surface area (Å²) in [6, 6.07) is 4.18. The minimum atomic E-state index is -0.703. The highest BCUT2D eigenvalue weighted by molar-refractivity contribution is 7.99. The van der Waals surface area contributed by atoms with Crippen LogP contribution < -0.4 is 5.32 Å². The second-order valence-electron chi connectivity index (χ2n) is 7.05. The summed E-state index contributed by atoms with van der Waals surface area (Å²) in [5, 5.41) is 11.5. The molecule has 2 aromatic rings. The molecule has 0 radical (unpaired) electrons. The third-order valence-corrected chi connectivity index (χ3v) is 6.01. The van der Waals surface area contributed by atoms with E-state index in [9.17, 15) is 9.18 Å². The van der Waals surface area contributed by atoms with Crippen molar-refractivity contribution < 1.29 is 9.18 Å². The maximum Gasteiger partial charge on any atom is 0.234 e. The molecule has 0 saturated heterocycles. The van der Waals surface area contributed by atoms with Crippen LogP contribution in [0.2, 0.25) is 0 Å². The zero-order valence-corrected chi connectivity index (χ0v) is 17.8. The number of carbonyl (C=O) groups excluding carboxylic acids is 1. The number of carbonyl (C=O) groups is 1. The van der Waals surface area contributed by atoms with Gasteiger partial charge in [-0.3, -0.25) is 9.36 Å². The van der Waals surface area contributed by atoms with Crippen LogP contribution in [0.25, 0.3) is 5.69 Å². The summed E-state index contributed by atoms with van der Waals surface area (Å²) in [6.07, 6.45) is 8.67. The van der Waals surface area contributed by atoms with Gasteiger partial charge < -0.3 is 5.32 Å². The number of nitrogens with one attached hydrogen (secondary N) is 1. The van der Waals surface area contributed by atoms with Crippen molar-refractivity contribution in [3.63, 3.8) is 0 Å². The molecule has 7 heteroatoms. The van der Waals surface area contributed by atoms with E-state index >= 15 is 0 Å². The van der Waals surface area contributed by atoms with E-state index in [1.54, 1.807) is 23.6 Å². The van der Waals surface area contributed by atoms with E-state index < -0.39 is 6.67 Å². The third kappa shape index (κ3) is 4.78. The number of thioether (sulfide) groups is 1. The molecule has 0 aliphatic heterocycles. The number of halogens is 1. The maximum absolute atomic E-state index is 13.7. The molecule has 1 aliphatic carbocycles. The minimum absolute atomic E-state index is 0.148. The minimum Gasteiger partial charge on any atom is -0.329 e. The Balaban J connectivity index is 1.91. The quantitative estimate of drug-likeness (QED) is 0.511. The van der Waals surface area contributed by atoms with Gasteiger partial charge in [0.2, 0.25) is 5.91 Å². The van der Waals surface area contributed by atoms with E-state index in [1.807, 2.05) is 6.07 Å². The average Bonchev–Trinajstić information content (AvgIpc) is 3.14. The van der Waals surface area contributed by atoms with Crippen molar-refractivity contribution in [2.75, 3.05) is 5.75 Å². The largest absolute Gasteiger partial charge is 0.329 e. The van der Waals surface area contributed by atoms with Crippen LogP contribution in [0.15, 0.2) is 41.7 Å². The van der Waals surface area contributed by atoms with Crippen LogP contribution in [0.5, 0.6) is 0 Å². The number of alkyl halides is 1. The number of amides is 1. The summed E-state index contributed by atoms with van der Waals surface area (Å²) in [5.41, 5.74) is 5.67. The summed E-state index contributed by atoms with van der Waals surface area (Å²) in [7, 11) is 0. The zero-order chi connectivity index (χ0) is 20.8. The molecule has 0 saturated carbocycles. The van der Waals surface area contributed by atoms with Crippen LogP contribution in [0.1, 0.15) is 49.2 Å². The van der Waals surface area contributed by atoms with Gasteiger partial charge in [0.1, 0.15) is 6.67 Å². The summed E-state index contributed by atoms with van der Waals surface area (Å²) in [5.74, 6) is 0.292. The molecule has 5 nitrogen and oxygen atoms in total. The van der Waals surface area contributed by atoms with Crippen LogP contribution in [0.4, 0.5) is 4.39 Å². The Bertz CT molecular complexity index is 935. The molecule has 29 heavy (non-hydrogen) atoms. The van der Waals surface area contributed by atoms with Crippen LogP contribution in [-0.2, 0) is 30.7 Å². The summed E-state index contributed by atoms with van der Waals surface area (Å²) >= 11 is 1.26. The molecule has 3 rings (SSSR count). The highest BCUT2D eigenvalue weighted by Gasteiger charge is 2.22. The molecular formula is C22H27FN4OS. The predicted octanol–water partition coefficient (Wildman–Crippen LogP) is 4.48. The van der Waals surface area contributed by atoms with Gasteiger partial charge in [0, 0.05) is 5.70 Å². The Hall–Kier alpha value is -2.41. The molecule has 1 aromatic heterocycles. The first-order valence-corrected chi connectivity index (χ1v) is 10.9. The van der Waals surface area contributed by atoms with Crippen molar-refractivity contribution in [2.24, 2.45) is 0 Å². The van der Waals surface area contributed by atoms with E-state index in [0.717, 1.165) is 37.1 Å². The van der Waals surface area contributed by atoms with E-state index in [0.29, 0.717) is 5.16 Å². The lowest BCUT2D eigenvalue weighted by Gasteiger charge is -2.23. The fraction of sp³-hybridized carbons (Fsp3) is 0.409. The molecule has 0 atom stereocenters. The molecule has 0 spiro atoms. The van der Waals surface area contributed by atoms with Crippen molar-refractivity contribution in [1.29, 1.82) is 0 Å². The van der Waals surface area contributed by atoms with Crippen molar-refractivity contribution in [3.8, 4) is 5.69 Å². The molecular weight excluding hydrogens is 387 g/mol. The number of aryl methyl sites for hydroxylation is 1. The highest BCUT2D eigenvalue weighted by Crippen LogP contribution is 2.33. The van der Waals surface area contributed by atoms with Gasteiger partial charge in [0.15, 0.2) is 11.0 Å². The van der Waals surface area contributed by atoms with E-state index in [1.165, 1.54) is 34.9 Å². The van der Waals surface area contributed by atoms with Gasteiger partial charge in [0.25, 0.3) is 0 Å². The van der Waals surface area contributed by atoms with Crippen LogP contribution in [-0.4, -0.2) is 26.4 Å². The first-order valence-electron chi connectivity index (χ1n) is 9.95. The standard InChI is InChI=1S/C22H27FN4OS/c1-4-8-15(3)24-21(28)14-29-22-26-25-20(13-23)27(22)19-12-11-16(5-2)17-9-6-7-10-18(17)19/h4,8,11-12H,1,5-7,9-10,13-14H2,2-3H3,(H,24,28)/b15-8+. The monoisotopic (exact) mass is 414 g/mol. The molecule has 154 valence electrons. The third-order valence-electron chi connectivity index (χ3n) is 5.09. The SMILES string of the molecule is C=C/C=C(\C)NC(=O)CSc1nnc(CF)n1-c1ccc(CC)c2c1CCCC2.